The first-order valence-corrected chi connectivity index (χ1v) is 17.0. The Balaban J connectivity index is 0.000000908. The van der Waals surface area contributed by atoms with Crippen molar-refractivity contribution in [1.82, 2.24) is 24.9 Å². The summed E-state index contributed by atoms with van der Waals surface area (Å²) in [4.78, 5) is 30.5. The number of carboxylic acids is 1. The second-order valence-electron chi connectivity index (χ2n) is 12.3. The maximum atomic E-state index is 12.4. The predicted molar refractivity (Wildman–Crippen MR) is 189 cm³/mol. The lowest BCUT2D eigenvalue weighted by atomic mass is 9.99. The number of aliphatic carboxylic acids is 1. The Bertz CT molecular complexity index is 1540. The minimum atomic E-state index is -5.08. The number of ether oxygens (including phenoxy) is 2. The van der Waals surface area contributed by atoms with Crippen LogP contribution in [0.2, 0.25) is 0 Å². The number of guanidine groups is 1. The van der Waals surface area contributed by atoms with E-state index in [2.05, 4.69) is 74.7 Å². The zero-order chi connectivity index (χ0) is 37.2. The number of methoxy groups -OCH3 is 1. The van der Waals surface area contributed by atoms with Crippen LogP contribution in [0.5, 0.6) is 5.75 Å². The number of hydrogen-bond acceptors (Lipinski definition) is 8. The number of nitrogens with one attached hydrogen (secondary N) is 1. The van der Waals surface area contributed by atoms with Crippen LogP contribution in [0.1, 0.15) is 49.3 Å². The van der Waals surface area contributed by atoms with E-state index in [4.69, 9.17) is 25.1 Å². The highest BCUT2D eigenvalue weighted by molar-refractivity contribution is 5.96. The molecule has 0 saturated carbocycles. The Morgan fingerprint density at radius 1 is 0.980 bits per heavy atom. The van der Waals surface area contributed by atoms with E-state index >= 15 is 0 Å². The third-order valence-corrected chi connectivity index (χ3v) is 8.04. The van der Waals surface area contributed by atoms with Crippen molar-refractivity contribution < 1.29 is 37.3 Å². The van der Waals surface area contributed by atoms with Crippen LogP contribution in [0, 0.1) is 0 Å². The van der Waals surface area contributed by atoms with Crippen molar-refractivity contribution in [3.8, 4) is 16.9 Å². The van der Waals surface area contributed by atoms with Gasteiger partial charge < -0.3 is 20.3 Å². The summed E-state index contributed by atoms with van der Waals surface area (Å²) in [6.07, 6.45) is 2.65. The molecule has 280 valence electrons. The zero-order valence-corrected chi connectivity index (χ0v) is 29.6. The predicted octanol–water partition coefficient (Wildman–Crippen LogP) is 4.62. The van der Waals surface area contributed by atoms with Crippen LogP contribution in [0.25, 0.3) is 11.1 Å². The van der Waals surface area contributed by atoms with Crippen LogP contribution < -0.4 is 15.8 Å². The third kappa shape index (κ3) is 15.1. The van der Waals surface area contributed by atoms with Gasteiger partial charge in [0.05, 0.1) is 12.8 Å². The van der Waals surface area contributed by atoms with E-state index < -0.39 is 12.1 Å². The lowest BCUT2D eigenvalue weighted by Crippen LogP contribution is -2.45. The van der Waals surface area contributed by atoms with Crippen LogP contribution in [0.4, 0.5) is 13.2 Å². The molecule has 4 N–H and O–H groups in total. The van der Waals surface area contributed by atoms with Crippen LogP contribution in [-0.4, -0.2) is 102 Å². The minimum Gasteiger partial charge on any atom is -0.493 e. The maximum Gasteiger partial charge on any atom is 0.490 e. The average molecular weight is 718 g/mol. The first kappa shape index (κ1) is 41.0. The molecule has 1 aliphatic rings. The van der Waals surface area contributed by atoms with Crippen molar-refractivity contribution >= 4 is 17.8 Å². The fourth-order valence-corrected chi connectivity index (χ4v) is 5.29. The summed E-state index contributed by atoms with van der Waals surface area (Å²) in [7, 11) is 3.66. The second kappa shape index (κ2) is 21.0. The molecule has 1 saturated heterocycles. The van der Waals surface area contributed by atoms with Crippen molar-refractivity contribution in [3.63, 3.8) is 0 Å². The maximum absolute atomic E-state index is 12.4. The van der Waals surface area contributed by atoms with Crippen molar-refractivity contribution in [2.24, 2.45) is 17.8 Å². The number of carbonyl (C=O) groups is 2. The first-order valence-electron chi connectivity index (χ1n) is 17.0. The number of halogens is 3. The Labute approximate surface area is 297 Å². The lowest BCUT2D eigenvalue weighted by molar-refractivity contribution is -0.192. The van der Waals surface area contributed by atoms with Gasteiger partial charge in [0.15, 0.2) is 5.96 Å². The Morgan fingerprint density at radius 3 is 2.18 bits per heavy atom. The van der Waals surface area contributed by atoms with E-state index in [9.17, 15) is 18.0 Å². The summed E-state index contributed by atoms with van der Waals surface area (Å²) in [6, 6.07) is 15.0. The van der Waals surface area contributed by atoms with Crippen molar-refractivity contribution in [3.05, 3.63) is 71.5 Å². The van der Waals surface area contributed by atoms with Crippen LogP contribution in [0.15, 0.2) is 59.9 Å². The van der Waals surface area contributed by atoms with Gasteiger partial charge in [-0.2, -0.15) is 18.3 Å². The number of nitrogens with two attached hydrogens (primary N) is 1. The van der Waals surface area contributed by atoms with Gasteiger partial charge in [0, 0.05) is 96.7 Å². The van der Waals surface area contributed by atoms with Crippen molar-refractivity contribution in [2.75, 3.05) is 53.0 Å². The second-order valence-corrected chi connectivity index (χ2v) is 12.3. The molecule has 15 heteroatoms. The Kier molecular flexibility index (Phi) is 16.9. The number of unbranched alkanes of at least 4 members (excludes halogenated alkanes) is 1. The number of rotatable bonds is 16. The number of carboxylic acid groups (broad SMARTS) is 1. The minimum absolute atomic E-state index is 0.139. The molecular formula is C36H50F3N7O5. The van der Waals surface area contributed by atoms with Crippen molar-refractivity contribution in [1.29, 1.82) is 0 Å². The van der Waals surface area contributed by atoms with E-state index in [-0.39, 0.29) is 11.9 Å². The molecule has 1 amide bonds. The SMILES string of the molecule is CCCCN=C(N)NC(=O)CCc1ccc(-c2ccc(CN3CCN(Cc4cnn(C)c4)CC3)cc2)c(OCCCOC)c1.O=C(O)C(F)(F)F. The topological polar surface area (TPSA) is 148 Å². The number of benzene rings is 2. The molecule has 0 spiro atoms. The molecule has 0 aliphatic carbocycles. The van der Waals surface area contributed by atoms with Crippen LogP contribution in [-0.2, 0) is 40.9 Å². The molecule has 2 heterocycles. The Morgan fingerprint density at radius 2 is 1.61 bits per heavy atom. The number of piperazine rings is 1. The third-order valence-electron chi connectivity index (χ3n) is 8.04. The largest absolute Gasteiger partial charge is 0.493 e. The van der Waals surface area contributed by atoms with Gasteiger partial charge in [-0.25, -0.2) is 4.79 Å². The highest BCUT2D eigenvalue weighted by Gasteiger charge is 2.38. The highest BCUT2D eigenvalue weighted by atomic mass is 19.4. The summed E-state index contributed by atoms with van der Waals surface area (Å²) in [6.45, 7) is 10.0. The molecule has 0 bridgehead atoms. The molecule has 0 atom stereocenters. The van der Waals surface area contributed by atoms with E-state index in [1.54, 1.807) is 7.11 Å². The molecule has 2 aromatic carbocycles. The first-order chi connectivity index (χ1) is 24.4. The normalized spacial score (nSPS) is 14.1. The van der Waals surface area contributed by atoms with Gasteiger partial charge in [0.25, 0.3) is 0 Å². The van der Waals surface area contributed by atoms with Gasteiger partial charge in [-0.05, 0) is 35.6 Å². The standard InChI is InChI=1S/C34H49N7O3.C2HF3O2/c1-4-5-15-36-34(35)38-33(42)14-10-27-9-13-31(32(22-27)44-21-6-20-43-3)30-11-7-28(8-12-30)25-40-16-18-41(19-17-40)26-29-23-37-39(2)24-29;3-2(4,5)1(6)7/h7-9,11-13,22-24H,4-6,10,14-21,25-26H2,1-3H3,(H3,35,36,38,42);(H,6,7). The van der Waals surface area contributed by atoms with Crippen molar-refractivity contribution in [2.45, 2.75) is 58.3 Å². The van der Waals surface area contributed by atoms with E-state index in [0.29, 0.717) is 32.6 Å². The average Bonchev–Trinajstić information content (AvgIpc) is 3.51. The molecule has 4 rings (SSSR count). The quantitative estimate of drug-likeness (QED) is 0.110. The molecule has 1 aliphatic heterocycles. The molecule has 51 heavy (non-hydrogen) atoms. The number of alkyl halides is 3. The number of hydrogen-bond donors (Lipinski definition) is 3. The van der Waals surface area contributed by atoms with Gasteiger partial charge >= 0.3 is 12.1 Å². The fraction of sp³-hybridized carbons (Fsp3) is 0.500. The summed E-state index contributed by atoms with van der Waals surface area (Å²) in [5.41, 5.74) is 11.6. The van der Waals surface area contributed by atoms with Gasteiger partial charge in [0.2, 0.25) is 5.91 Å². The highest BCUT2D eigenvalue weighted by Crippen LogP contribution is 2.32. The smallest absolute Gasteiger partial charge is 0.490 e. The molecule has 12 nitrogen and oxygen atoms in total. The number of amides is 1. The number of nitrogens with zero attached hydrogens (tertiary/aromatic N) is 5. The Hall–Kier alpha value is -4.47. The molecule has 0 radical (unpaired) electrons. The summed E-state index contributed by atoms with van der Waals surface area (Å²) in [5, 5.41) is 14.1. The molecule has 3 aromatic rings. The number of aryl methyl sites for hydroxylation is 2. The summed E-state index contributed by atoms with van der Waals surface area (Å²) < 4.78 is 45.0. The fourth-order valence-electron chi connectivity index (χ4n) is 5.29. The van der Waals surface area contributed by atoms with Crippen LogP contribution >= 0.6 is 0 Å². The van der Waals surface area contributed by atoms with E-state index in [0.717, 1.165) is 81.0 Å². The molecular weight excluding hydrogens is 667 g/mol. The number of aromatic nitrogens is 2. The van der Waals surface area contributed by atoms with Gasteiger partial charge in [-0.3, -0.25) is 29.6 Å². The lowest BCUT2D eigenvalue weighted by Gasteiger charge is -2.34. The summed E-state index contributed by atoms with van der Waals surface area (Å²) in [5.74, 6) is -1.89. The zero-order valence-electron chi connectivity index (χ0n) is 29.6. The monoisotopic (exact) mass is 717 g/mol. The number of aliphatic imine (C=N–C) groups is 1. The molecule has 1 fully saturated rings. The van der Waals surface area contributed by atoms with Crippen LogP contribution in [0.3, 0.4) is 0 Å². The molecule has 0 unspecified atom stereocenters. The van der Waals surface area contributed by atoms with Gasteiger partial charge in [0.1, 0.15) is 5.75 Å². The van der Waals surface area contributed by atoms with Gasteiger partial charge in [-0.1, -0.05) is 49.7 Å². The van der Waals surface area contributed by atoms with E-state index in [1.807, 2.05) is 24.0 Å². The van der Waals surface area contributed by atoms with Gasteiger partial charge in [-0.15, -0.1) is 0 Å². The number of carbonyl (C=O) groups excluding carboxylic acids is 1. The van der Waals surface area contributed by atoms with E-state index in [1.165, 1.54) is 11.1 Å². The molecule has 1 aromatic heterocycles. The summed E-state index contributed by atoms with van der Waals surface area (Å²) >= 11 is 0.